The predicted octanol–water partition coefficient (Wildman–Crippen LogP) is 1.54. The van der Waals surface area contributed by atoms with Crippen LogP contribution in [-0.4, -0.2) is 19.5 Å². The molecule has 0 aliphatic carbocycles. The molecule has 0 aromatic carbocycles. The summed E-state index contributed by atoms with van der Waals surface area (Å²) in [6.07, 6.45) is 5.19. The highest BCUT2D eigenvalue weighted by molar-refractivity contribution is 6.30. The van der Waals surface area contributed by atoms with Crippen LogP contribution >= 0.6 is 0 Å². The van der Waals surface area contributed by atoms with Gasteiger partial charge in [0.05, 0.1) is 0 Å². The van der Waals surface area contributed by atoms with Crippen molar-refractivity contribution < 1.29 is 9.15 Å². The molecule has 74 valence electrons. The van der Waals surface area contributed by atoms with Crippen LogP contribution in [0.4, 0.5) is 0 Å². The minimum Gasteiger partial charge on any atom is -0.306 e. The Bertz CT molecular complexity index is 71.5. The molecule has 0 amide bonds. The summed E-state index contributed by atoms with van der Waals surface area (Å²) in [5.41, 5.74) is 0. The van der Waals surface area contributed by atoms with Crippen LogP contribution in [0, 0.1) is 0 Å². The minimum absolute atomic E-state index is 0.321. The lowest BCUT2D eigenvalue weighted by Crippen LogP contribution is -2.03. The Hall–Kier alpha value is 0.354. The third-order valence-corrected chi connectivity index (χ3v) is 4.32. The first kappa shape index (κ1) is 12.4. The third-order valence-electron chi connectivity index (χ3n) is 1.75. The van der Waals surface area contributed by atoms with Crippen molar-refractivity contribution in [2.75, 3.05) is 0 Å². The molecule has 0 rings (SSSR count). The molecule has 0 heterocycles. The van der Waals surface area contributed by atoms with Crippen LogP contribution in [0.25, 0.3) is 0 Å². The van der Waals surface area contributed by atoms with Crippen molar-refractivity contribution in [3.05, 3.63) is 0 Å². The van der Waals surface area contributed by atoms with Gasteiger partial charge >= 0.3 is 0 Å². The molecular weight excluding hydrogens is 184 g/mol. The van der Waals surface area contributed by atoms with E-state index in [4.69, 9.17) is 9.15 Å². The second-order valence-corrected chi connectivity index (χ2v) is 5.76. The molecule has 12 heavy (non-hydrogen) atoms. The Kier molecular flexibility index (Phi) is 11.7. The number of hydrogen-bond acceptors (Lipinski definition) is 2. The van der Waals surface area contributed by atoms with Crippen LogP contribution in [-0.2, 0) is 9.15 Å². The van der Waals surface area contributed by atoms with Crippen LogP contribution in [0.3, 0.4) is 0 Å². The molecule has 0 aromatic rings. The maximum Gasteiger partial charge on any atom is 0.207 e. The van der Waals surface area contributed by atoms with Gasteiger partial charge in [0.2, 0.25) is 19.5 Å². The monoisotopic (exact) mass is 206 g/mol. The third kappa shape index (κ3) is 10.4. The molecule has 0 fully saturated rings. The van der Waals surface area contributed by atoms with E-state index in [-0.39, 0.29) is 19.5 Å². The van der Waals surface area contributed by atoms with Crippen molar-refractivity contribution in [3.8, 4) is 0 Å². The summed E-state index contributed by atoms with van der Waals surface area (Å²) in [7, 11) is -0.643. The smallest absolute Gasteiger partial charge is 0.207 e. The average molecular weight is 206 g/mol. The first-order valence-corrected chi connectivity index (χ1v) is 8.31. The van der Waals surface area contributed by atoms with E-state index in [1.54, 1.807) is 0 Å². The van der Waals surface area contributed by atoms with Gasteiger partial charge in [-0.05, 0) is 12.1 Å². The highest BCUT2D eigenvalue weighted by Gasteiger charge is 1.91. The van der Waals surface area contributed by atoms with Gasteiger partial charge in [0.1, 0.15) is 0 Å². The molecule has 4 heteroatoms. The van der Waals surface area contributed by atoms with Crippen LogP contribution < -0.4 is 0 Å². The van der Waals surface area contributed by atoms with Crippen molar-refractivity contribution in [2.45, 2.75) is 51.6 Å². The van der Waals surface area contributed by atoms with Gasteiger partial charge in [0, 0.05) is 0 Å². The fourth-order valence-corrected chi connectivity index (χ4v) is 3.53. The van der Waals surface area contributed by atoms with Crippen molar-refractivity contribution in [1.82, 2.24) is 0 Å². The van der Waals surface area contributed by atoms with E-state index in [2.05, 4.69) is 13.8 Å². The van der Waals surface area contributed by atoms with Gasteiger partial charge in [-0.1, -0.05) is 39.5 Å². The molecule has 0 atom stereocenters. The van der Waals surface area contributed by atoms with Crippen molar-refractivity contribution in [1.29, 1.82) is 0 Å². The van der Waals surface area contributed by atoms with Gasteiger partial charge in [-0.2, -0.15) is 0 Å². The Labute approximate surface area is 80.8 Å². The van der Waals surface area contributed by atoms with E-state index in [0.717, 1.165) is 0 Å². The molecule has 0 bridgehead atoms. The average Bonchev–Trinajstić information content (AvgIpc) is 2.10. The molecule has 0 N–H and O–H groups in total. The molecule has 0 radical (unpaired) electrons. The van der Waals surface area contributed by atoms with Crippen LogP contribution in [0.2, 0.25) is 12.1 Å². The first-order chi connectivity index (χ1) is 5.91. The molecule has 0 saturated carbocycles. The van der Waals surface area contributed by atoms with E-state index in [9.17, 15) is 0 Å². The molecule has 0 aromatic heterocycles. The van der Waals surface area contributed by atoms with Crippen molar-refractivity contribution >= 4 is 19.5 Å². The maximum atomic E-state index is 5.18. The van der Waals surface area contributed by atoms with Crippen molar-refractivity contribution in [2.24, 2.45) is 0 Å². The normalized spacial score (nSPS) is 12.5. The zero-order valence-electron chi connectivity index (χ0n) is 8.47. The van der Waals surface area contributed by atoms with Gasteiger partial charge in [0.25, 0.3) is 0 Å². The lowest BCUT2D eigenvalue weighted by Gasteiger charge is -2.02. The lowest BCUT2D eigenvalue weighted by molar-refractivity contribution is -0.0990. The highest BCUT2D eigenvalue weighted by atomic mass is 28.2. The summed E-state index contributed by atoms with van der Waals surface area (Å²) in [5.74, 6) is 0. The van der Waals surface area contributed by atoms with Crippen LogP contribution in [0.15, 0.2) is 0 Å². The van der Waals surface area contributed by atoms with E-state index in [0.29, 0.717) is 0 Å². The predicted molar refractivity (Wildman–Crippen MR) is 58.7 cm³/mol. The molecule has 0 aliphatic heterocycles. The maximum absolute atomic E-state index is 5.18. The zero-order valence-corrected chi connectivity index (χ0v) is 11.3. The second-order valence-electron chi connectivity index (χ2n) is 3.06. The molecule has 0 spiro atoms. The fourth-order valence-electron chi connectivity index (χ4n) is 0.940. The van der Waals surface area contributed by atoms with E-state index in [1.165, 1.54) is 37.8 Å². The number of unbranched alkanes of at least 4 members (excludes halogenated alkanes) is 2. The minimum atomic E-state index is -0.321. The van der Waals surface area contributed by atoms with E-state index in [1.807, 2.05) is 0 Å². The zero-order chi connectivity index (χ0) is 9.07. The standard InChI is InChI=1S/C8H22O2Si2/c1-3-5-7-11-9-10-12-8-6-4-2/h3-8,11-12H2,1-2H3. The van der Waals surface area contributed by atoms with E-state index >= 15 is 0 Å². The summed E-state index contributed by atoms with van der Waals surface area (Å²) in [6, 6.07) is 2.55. The van der Waals surface area contributed by atoms with Crippen molar-refractivity contribution in [3.63, 3.8) is 0 Å². The first-order valence-electron chi connectivity index (χ1n) is 5.16. The Morgan fingerprint density at radius 3 is 1.58 bits per heavy atom. The lowest BCUT2D eigenvalue weighted by atomic mass is 10.4. The highest BCUT2D eigenvalue weighted by Crippen LogP contribution is 1.96. The van der Waals surface area contributed by atoms with Gasteiger partial charge < -0.3 is 9.15 Å². The summed E-state index contributed by atoms with van der Waals surface area (Å²) in [4.78, 5) is 0. The SMILES string of the molecule is CCCC[SiH2]OO[SiH2]CCCC. The summed E-state index contributed by atoms with van der Waals surface area (Å²) < 4.78 is 10.4. The summed E-state index contributed by atoms with van der Waals surface area (Å²) >= 11 is 0. The van der Waals surface area contributed by atoms with E-state index < -0.39 is 0 Å². The van der Waals surface area contributed by atoms with Crippen LogP contribution in [0.5, 0.6) is 0 Å². The Balaban J connectivity index is 2.73. The number of rotatable bonds is 9. The molecule has 2 nitrogen and oxygen atoms in total. The molecule has 0 saturated heterocycles. The Morgan fingerprint density at radius 2 is 1.25 bits per heavy atom. The Morgan fingerprint density at radius 1 is 0.833 bits per heavy atom. The molecule has 0 unspecified atom stereocenters. The van der Waals surface area contributed by atoms with Gasteiger partial charge in [-0.25, -0.2) is 0 Å². The summed E-state index contributed by atoms with van der Waals surface area (Å²) in [5, 5.41) is 0. The topological polar surface area (TPSA) is 18.5 Å². The van der Waals surface area contributed by atoms with Gasteiger partial charge in [-0.15, -0.1) is 0 Å². The fraction of sp³-hybridized carbons (Fsp3) is 1.00. The quantitative estimate of drug-likeness (QED) is 0.247. The van der Waals surface area contributed by atoms with Crippen LogP contribution in [0.1, 0.15) is 39.5 Å². The summed E-state index contributed by atoms with van der Waals surface area (Å²) in [6.45, 7) is 4.43. The van der Waals surface area contributed by atoms with Gasteiger partial charge in [-0.3, -0.25) is 0 Å². The van der Waals surface area contributed by atoms with Gasteiger partial charge in [0.15, 0.2) is 0 Å². The molecular formula is C8H22O2Si2. The second kappa shape index (κ2) is 11.4. The molecule has 0 aliphatic rings. The number of hydrogen-bond donors (Lipinski definition) is 0. The largest absolute Gasteiger partial charge is 0.306 e.